The SMILES string of the molecule is NCC1(C(O)c2csc3ccccc23)CC2CCC1O2. The minimum absolute atomic E-state index is 0.117. The fraction of sp³-hybridized carbons (Fsp3) is 0.500. The summed E-state index contributed by atoms with van der Waals surface area (Å²) in [6.07, 6.45) is 2.91. The Bertz CT molecular complexity index is 640. The zero-order valence-electron chi connectivity index (χ0n) is 11.3. The Morgan fingerprint density at radius 2 is 2.25 bits per heavy atom. The lowest BCUT2D eigenvalue weighted by atomic mass is 9.68. The highest BCUT2D eigenvalue weighted by Gasteiger charge is 2.56. The van der Waals surface area contributed by atoms with Crippen LogP contribution in [0.4, 0.5) is 0 Å². The van der Waals surface area contributed by atoms with Crippen molar-refractivity contribution in [2.75, 3.05) is 6.54 Å². The molecule has 3 N–H and O–H groups in total. The summed E-state index contributed by atoms with van der Waals surface area (Å²) in [5, 5.41) is 14.3. The van der Waals surface area contributed by atoms with Gasteiger partial charge in [0.15, 0.2) is 0 Å². The maximum Gasteiger partial charge on any atom is 0.0898 e. The van der Waals surface area contributed by atoms with Gasteiger partial charge in [-0.1, -0.05) is 18.2 Å². The van der Waals surface area contributed by atoms with Gasteiger partial charge in [0.25, 0.3) is 0 Å². The van der Waals surface area contributed by atoms with Crippen molar-refractivity contribution in [1.29, 1.82) is 0 Å². The summed E-state index contributed by atoms with van der Waals surface area (Å²) < 4.78 is 7.19. The molecule has 3 heterocycles. The predicted molar refractivity (Wildman–Crippen MR) is 80.8 cm³/mol. The maximum absolute atomic E-state index is 11.0. The third kappa shape index (κ3) is 1.62. The van der Waals surface area contributed by atoms with Crippen molar-refractivity contribution in [2.45, 2.75) is 37.6 Å². The molecule has 0 spiro atoms. The summed E-state index contributed by atoms with van der Waals surface area (Å²) in [5.74, 6) is 0. The molecule has 4 rings (SSSR count). The maximum atomic E-state index is 11.0. The van der Waals surface area contributed by atoms with Crippen LogP contribution in [0.25, 0.3) is 10.1 Å². The van der Waals surface area contributed by atoms with E-state index < -0.39 is 6.10 Å². The fourth-order valence-electron chi connectivity index (χ4n) is 3.97. The summed E-state index contributed by atoms with van der Waals surface area (Å²) in [7, 11) is 0. The molecule has 2 fully saturated rings. The number of benzene rings is 1. The first-order valence-electron chi connectivity index (χ1n) is 7.24. The van der Waals surface area contributed by atoms with Crippen LogP contribution in [0.15, 0.2) is 29.6 Å². The van der Waals surface area contributed by atoms with Gasteiger partial charge in [0.2, 0.25) is 0 Å². The van der Waals surface area contributed by atoms with Crippen LogP contribution in [0, 0.1) is 5.41 Å². The molecule has 20 heavy (non-hydrogen) atoms. The Morgan fingerprint density at radius 1 is 1.40 bits per heavy atom. The largest absolute Gasteiger partial charge is 0.388 e. The Hall–Kier alpha value is -0.940. The second-order valence-corrected chi connectivity index (χ2v) is 6.97. The van der Waals surface area contributed by atoms with Crippen molar-refractivity contribution < 1.29 is 9.84 Å². The molecule has 2 bridgehead atoms. The number of fused-ring (bicyclic) bond motifs is 3. The molecule has 0 radical (unpaired) electrons. The Balaban J connectivity index is 1.78. The van der Waals surface area contributed by atoms with E-state index in [4.69, 9.17) is 10.5 Å². The van der Waals surface area contributed by atoms with Crippen LogP contribution in [0.2, 0.25) is 0 Å². The minimum atomic E-state index is -0.529. The summed E-state index contributed by atoms with van der Waals surface area (Å²) >= 11 is 1.69. The van der Waals surface area contributed by atoms with Crippen LogP contribution in [0.1, 0.15) is 30.9 Å². The molecule has 0 aliphatic carbocycles. The van der Waals surface area contributed by atoms with Gasteiger partial charge < -0.3 is 15.6 Å². The number of thiophene rings is 1. The monoisotopic (exact) mass is 289 g/mol. The first-order chi connectivity index (χ1) is 9.74. The zero-order valence-corrected chi connectivity index (χ0v) is 12.1. The van der Waals surface area contributed by atoms with E-state index in [0.717, 1.165) is 30.2 Å². The van der Waals surface area contributed by atoms with E-state index in [2.05, 4.69) is 17.5 Å². The topological polar surface area (TPSA) is 55.5 Å². The number of hydrogen-bond acceptors (Lipinski definition) is 4. The smallest absolute Gasteiger partial charge is 0.0898 e. The number of aliphatic hydroxyl groups excluding tert-OH is 1. The van der Waals surface area contributed by atoms with Gasteiger partial charge >= 0.3 is 0 Å². The van der Waals surface area contributed by atoms with E-state index >= 15 is 0 Å². The normalized spacial score (nSPS) is 33.9. The van der Waals surface area contributed by atoms with Crippen molar-refractivity contribution in [1.82, 2.24) is 0 Å². The van der Waals surface area contributed by atoms with Gasteiger partial charge in [-0.05, 0) is 41.7 Å². The molecule has 2 aromatic rings. The number of aliphatic hydroxyl groups is 1. The molecule has 0 saturated carbocycles. The van der Waals surface area contributed by atoms with Gasteiger partial charge in [0.1, 0.15) is 0 Å². The zero-order chi connectivity index (χ0) is 13.7. The molecule has 4 atom stereocenters. The Kier molecular flexibility index (Phi) is 2.89. The average molecular weight is 289 g/mol. The first kappa shape index (κ1) is 12.8. The van der Waals surface area contributed by atoms with E-state index in [1.807, 2.05) is 12.1 Å². The molecular formula is C16H19NO2S. The van der Waals surface area contributed by atoms with Gasteiger partial charge in [-0.3, -0.25) is 0 Å². The highest BCUT2D eigenvalue weighted by atomic mass is 32.1. The van der Waals surface area contributed by atoms with Gasteiger partial charge in [0.05, 0.1) is 18.3 Å². The first-order valence-corrected chi connectivity index (χ1v) is 8.12. The van der Waals surface area contributed by atoms with Crippen molar-refractivity contribution in [3.05, 3.63) is 35.2 Å². The van der Waals surface area contributed by atoms with E-state index in [1.165, 1.54) is 4.70 Å². The molecular weight excluding hydrogens is 270 g/mol. The second-order valence-electron chi connectivity index (χ2n) is 6.06. The van der Waals surface area contributed by atoms with Crippen molar-refractivity contribution in [3.63, 3.8) is 0 Å². The van der Waals surface area contributed by atoms with E-state index in [9.17, 15) is 5.11 Å². The van der Waals surface area contributed by atoms with Crippen LogP contribution in [0.3, 0.4) is 0 Å². The van der Waals surface area contributed by atoms with E-state index in [-0.39, 0.29) is 11.5 Å². The van der Waals surface area contributed by atoms with E-state index in [0.29, 0.717) is 12.6 Å². The molecule has 0 amide bonds. The lowest BCUT2D eigenvalue weighted by molar-refractivity contribution is -0.0255. The van der Waals surface area contributed by atoms with Crippen molar-refractivity contribution in [3.8, 4) is 0 Å². The fourth-order valence-corrected chi connectivity index (χ4v) is 4.95. The molecule has 4 unspecified atom stereocenters. The standard InChI is InChI=1S/C16H19NO2S/c17-9-16(7-10-5-6-14(16)19-10)15(18)12-8-20-13-4-2-1-3-11(12)13/h1-4,8,10,14-15,18H,5-7,9,17H2. The molecule has 1 aromatic carbocycles. The quantitative estimate of drug-likeness (QED) is 0.913. The van der Waals surface area contributed by atoms with Gasteiger partial charge in [-0.2, -0.15) is 0 Å². The highest BCUT2D eigenvalue weighted by molar-refractivity contribution is 7.17. The predicted octanol–water partition coefficient (Wildman–Crippen LogP) is 2.83. The second kappa shape index (κ2) is 4.53. The molecule has 4 heteroatoms. The number of nitrogens with two attached hydrogens (primary N) is 1. The Morgan fingerprint density at radius 3 is 2.95 bits per heavy atom. The van der Waals surface area contributed by atoms with Crippen LogP contribution in [0.5, 0.6) is 0 Å². The van der Waals surface area contributed by atoms with Crippen LogP contribution in [-0.4, -0.2) is 23.9 Å². The van der Waals surface area contributed by atoms with Crippen LogP contribution >= 0.6 is 11.3 Å². The van der Waals surface area contributed by atoms with Crippen LogP contribution < -0.4 is 5.73 Å². The van der Waals surface area contributed by atoms with Crippen molar-refractivity contribution in [2.24, 2.45) is 11.1 Å². The highest BCUT2D eigenvalue weighted by Crippen LogP contribution is 2.54. The number of ether oxygens (including phenoxy) is 1. The summed E-state index contributed by atoms with van der Waals surface area (Å²) in [6.45, 7) is 0.486. The lowest BCUT2D eigenvalue weighted by Gasteiger charge is -2.38. The third-order valence-corrected chi connectivity index (χ3v) is 6.07. The average Bonchev–Trinajstić information content (AvgIpc) is 3.19. The van der Waals surface area contributed by atoms with E-state index in [1.54, 1.807) is 11.3 Å². The molecule has 1 aromatic heterocycles. The molecule has 106 valence electrons. The summed E-state index contributed by atoms with van der Waals surface area (Å²) in [5.41, 5.74) is 6.79. The summed E-state index contributed by atoms with van der Waals surface area (Å²) in [6, 6.07) is 8.25. The summed E-state index contributed by atoms with van der Waals surface area (Å²) in [4.78, 5) is 0. The lowest BCUT2D eigenvalue weighted by Crippen LogP contribution is -2.44. The van der Waals surface area contributed by atoms with Gasteiger partial charge in [-0.15, -0.1) is 11.3 Å². The molecule has 2 aliphatic heterocycles. The molecule has 3 nitrogen and oxygen atoms in total. The third-order valence-electron chi connectivity index (χ3n) is 5.09. The molecule has 2 aliphatic rings. The Labute approximate surface area is 122 Å². The number of rotatable bonds is 3. The number of hydrogen-bond donors (Lipinski definition) is 2. The van der Waals surface area contributed by atoms with Gasteiger partial charge in [0, 0.05) is 16.7 Å². The van der Waals surface area contributed by atoms with Crippen LogP contribution in [-0.2, 0) is 4.74 Å². The molecule has 2 saturated heterocycles. The van der Waals surface area contributed by atoms with Crippen molar-refractivity contribution >= 4 is 21.4 Å². The van der Waals surface area contributed by atoms with Gasteiger partial charge in [-0.25, -0.2) is 0 Å². The minimum Gasteiger partial charge on any atom is -0.388 e.